The minimum absolute atomic E-state index is 0.0714. The number of hydrogen-bond donors (Lipinski definition) is 0. The summed E-state index contributed by atoms with van der Waals surface area (Å²) >= 11 is 5.88. The standard InChI is InChI=1S/C17H9ClF7N/c1-9-6-12(15(19,16(20,21)22)17(23,24)25)14(13(18)7-9)11-4-2-10(8-26)3-5-11/h2-7H,1H3. The molecule has 0 heterocycles. The van der Waals surface area contributed by atoms with Crippen LogP contribution >= 0.6 is 11.6 Å². The van der Waals surface area contributed by atoms with E-state index >= 15 is 0 Å². The van der Waals surface area contributed by atoms with Gasteiger partial charge in [-0.25, -0.2) is 4.39 Å². The van der Waals surface area contributed by atoms with Gasteiger partial charge in [0.2, 0.25) is 0 Å². The van der Waals surface area contributed by atoms with E-state index in [0.717, 1.165) is 18.2 Å². The van der Waals surface area contributed by atoms with Gasteiger partial charge in [-0.05, 0) is 36.2 Å². The molecule has 0 atom stereocenters. The molecule has 0 aliphatic carbocycles. The maximum atomic E-state index is 14.6. The predicted octanol–water partition coefficient (Wildman–Crippen LogP) is 6.48. The second-order valence-corrected chi connectivity index (χ2v) is 5.92. The quantitative estimate of drug-likeness (QED) is 0.534. The molecule has 1 nitrogen and oxygen atoms in total. The number of benzene rings is 2. The maximum absolute atomic E-state index is 14.6. The molecule has 2 rings (SSSR count). The summed E-state index contributed by atoms with van der Waals surface area (Å²) in [5.74, 6) is 0. The molecule has 0 fully saturated rings. The van der Waals surface area contributed by atoms with E-state index in [0.29, 0.717) is 6.07 Å². The van der Waals surface area contributed by atoms with Crippen LogP contribution in [0.1, 0.15) is 16.7 Å². The van der Waals surface area contributed by atoms with Gasteiger partial charge in [-0.3, -0.25) is 0 Å². The lowest BCUT2D eigenvalue weighted by Gasteiger charge is -2.32. The minimum atomic E-state index is -6.26. The first-order valence-electron chi connectivity index (χ1n) is 6.96. The highest BCUT2D eigenvalue weighted by molar-refractivity contribution is 6.33. The summed E-state index contributed by atoms with van der Waals surface area (Å²) in [6.07, 6.45) is -12.5. The van der Waals surface area contributed by atoms with Gasteiger partial charge in [-0.2, -0.15) is 31.6 Å². The third-order valence-corrected chi connectivity index (χ3v) is 3.99. The van der Waals surface area contributed by atoms with Gasteiger partial charge >= 0.3 is 18.0 Å². The van der Waals surface area contributed by atoms with Crippen molar-refractivity contribution in [3.05, 3.63) is 58.1 Å². The van der Waals surface area contributed by atoms with E-state index in [1.54, 1.807) is 6.07 Å². The first-order valence-corrected chi connectivity index (χ1v) is 7.34. The molecule has 26 heavy (non-hydrogen) atoms. The van der Waals surface area contributed by atoms with Gasteiger partial charge in [0.1, 0.15) is 0 Å². The Bertz CT molecular complexity index is 847. The number of hydrogen-bond acceptors (Lipinski definition) is 1. The van der Waals surface area contributed by atoms with Gasteiger partial charge < -0.3 is 0 Å². The van der Waals surface area contributed by atoms with Crippen molar-refractivity contribution in [2.75, 3.05) is 0 Å². The number of rotatable bonds is 2. The molecule has 0 aliphatic heterocycles. The average Bonchev–Trinajstić information content (AvgIpc) is 2.51. The lowest BCUT2D eigenvalue weighted by atomic mass is 9.85. The zero-order valence-electron chi connectivity index (χ0n) is 12.9. The van der Waals surface area contributed by atoms with E-state index in [1.807, 2.05) is 0 Å². The fourth-order valence-corrected chi connectivity index (χ4v) is 2.87. The molecule has 0 saturated carbocycles. The zero-order valence-corrected chi connectivity index (χ0v) is 13.7. The van der Waals surface area contributed by atoms with Crippen molar-refractivity contribution in [3.8, 4) is 17.2 Å². The number of halogens is 8. The summed E-state index contributed by atoms with van der Waals surface area (Å²) in [4.78, 5) is 0. The Morgan fingerprint density at radius 2 is 1.38 bits per heavy atom. The summed E-state index contributed by atoms with van der Waals surface area (Å²) in [7, 11) is 0. The molecule has 0 saturated heterocycles. The average molecular weight is 396 g/mol. The van der Waals surface area contributed by atoms with Crippen LogP contribution in [-0.4, -0.2) is 12.4 Å². The molecule has 0 aliphatic rings. The lowest BCUT2D eigenvalue weighted by Crippen LogP contribution is -2.50. The zero-order chi connectivity index (χ0) is 19.9. The second kappa shape index (κ2) is 6.47. The van der Waals surface area contributed by atoms with Crippen molar-refractivity contribution < 1.29 is 30.7 Å². The Balaban J connectivity index is 2.90. The van der Waals surface area contributed by atoms with Crippen LogP contribution in [0.25, 0.3) is 11.1 Å². The molecule has 0 aromatic heterocycles. The summed E-state index contributed by atoms with van der Waals surface area (Å²) < 4.78 is 93.7. The molecule has 138 valence electrons. The molecule has 0 N–H and O–H groups in total. The normalized spacial score (nSPS) is 12.8. The summed E-state index contributed by atoms with van der Waals surface area (Å²) in [5.41, 5.74) is -8.13. The minimum Gasteiger partial charge on any atom is -0.218 e. The van der Waals surface area contributed by atoms with Crippen molar-refractivity contribution in [1.29, 1.82) is 5.26 Å². The van der Waals surface area contributed by atoms with Gasteiger partial charge in [0.05, 0.1) is 11.6 Å². The lowest BCUT2D eigenvalue weighted by molar-refractivity contribution is -0.348. The second-order valence-electron chi connectivity index (χ2n) is 5.51. The van der Waals surface area contributed by atoms with E-state index in [-0.39, 0.29) is 16.7 Å². The van der Waals surface area contributed by atoms with Crippen LogP contribution in [0.5, 0.6) is 0 Å². The van der Waals surface area contributed by atoms with Crippen LogP contribution in [0.15, 0.2) is 36.4 Å². The van der Waals surface area contributed by atoms with E-state index in [9.17, 15) is 30.7 Å². The highest BCUT2D eigenvalue weighted by Crippen LogP contribution is 2.56. The SMILES string of the molecule is Cc1cc(Cl)c(-c2ccc(C#N)cc2)c(C(F)(C(F)(F)F)C(F)(F)F)c1. The van der Waals surface area contributed by atoms with Crippen molar-refractivity contribution in [1.82, 2.24) is 0 Å². The predicted molar refractivity (Wildman–Crippen MR) is 81.2 cm³/mol. The number of alkyl halides is 7. The fourth-order valence-electron chi connectivity index (χ4n) is 2.48. The molecular weight excluding hydrogens is 387 g/mol. The molecule has 0 bridgehead atoms. The Labute approximate surface area is 148 Å². The molecular formula is C17H9ClF7N. The summed E-state index contributed by atoms with van der Waals surface area (Å²) in [5, 5.41) is 8.28. The third-order valence-electron chi connectivity index (χ3n) is 3.69. The monoisotopic (exact) mass is 395 g/mol. The molecule has 0 spiro atoms. The topological polar surface area (TPSA) is 23.8 Å². The molecule has 2 aromatic rings. The molecule has 0 unspecified atom stereocenters. The molecule has 0 radical (unpaired) electrons. The smallest absolute Gasteiger partial charge is 0.218 e. The van der Waals surface area contributed by atoms with Crippen LogP contribution in [0.2, 0.25) is 5.02 Å². The van der Waals surface area contributed by atoms with E-state index in [4.69, 9.17) is 16.9 Å². The highest BCUT2D eigenvalue weighted by Gasteiger charge is 2.74. The third kappa shape index (κ3) is 3.23. The Morgan fingerprint density at radius 1 is 0.885 bits per heavy atom. The van der Waals surface area contributed by atoms with Gasteiger partial charge in [-0.1, -0.05) is 29.8 Å². The van der Waals surface area contributed by atoms with Crippen LogP contribution < -0.4 is 0 Å². The van der Waals surface area contributed by atoms with Gasteiger partial charge in [0, 0.05) is 16.1 Å². The molecule has 9 heteroatoms. The fraction of sp³-hybridized carbons (Fsp3) is 0.235. The van der Waals surface area contributed by atoms with Gasteiger partial charge in [0.15, 0.2) is 0 Å². The van der Waals surface area contributed by atoms with Gasteiger partial charge in [-0.15, -0.1) is 0 Å². The van der Waals surface area contributed by atoms with E-state index in [1.165, 1.54) is 19.1 Å². The molecule has 2 aromatic carbocycles. The van der Waals surface area contributed by atoms with Crippen molar-refractivity contribution in [3.63, 3.8) is 0 Å². The van der Waals surface area contributed by atoms with Crippen LogP contribution in [-0.2, 0) is 5.67 Å². The Morgan fingerprint density at radius 3 is 1.81 bits per heavy atom. The van der Waals surface area contributed by atoms with Gasteiger partial charge in [0.25, 0.3) is 0 Å². The largest absolute Gasteiger partial charge is 0.435 e. The van der Waals surface area contributed by atoms with Crippen molar-refractivity contribution >= 4 is 11.6 Å². The highest BCUT2D eigenvalue weighted by atomic mass is 35.5. The summed E-state index contributed by atoms with van der Waals surface area (Å²) in [6, 6.07) is 7.92. The van der Waals surface area contributed by atoms with Crippen LogP contribution in [0, 0.1) is 18.3 Å². The number of nitriles is 1. The first kappa shape index (κ1) is 20.0. The van der Waals surface area contributed by atoms with Crippen LogP contribution in [0.3, 0.4) is 0 Å². The maximum Gasteiger partial charge on any atom is 0.435 e. The number of nitrogens with zero attached hydrogens (tertiary/aromatic N) is 1. The Kier molecular flexibility index (Phi) is 4.99. The van der Waals surface area contributed by atoms with Crippen molar-refractivity contribution in [2.45, 2.75) is 24.9 Å². The van der Waals surface area contributed by atoms with E-state index < -0.39 is 34.2 Å². The molecule has 0 amide bonds. The van der Waals surface area contributed by atoms with Crippen LogP contribution in [0.4, 0.5) is 30.7 Å². The number of aryl methyl sites for hydroxylation is 1. The Hall–Kier alpha value is -2.27. The van der Waals surface area contributed by atoms with Crippen molar-refractivity contribution in [2.24, 2.45) is 0 Å². The first-order chi connectivity index (χ1) is 11.8. The van der Waals surface area contributed by atoms with E-state index in [2.05, 4.69) is 0 Å². The summed E-state index contributed by atoms with van der Waals surface area (Å²) in [6.45, 7) is 1.20.